The van der Waals surface area contributed by atoms with Crippen LogP contribution in [-0.2, 0) is 11.3 Å². The number of hydrogen-bond donors (Lipinski definition) is 1. The van der Waals surface area contributed by atoms with Crippen molar-refractivity contribution in [1.82, 2.24) is 24.4 Å². The minimum Gasteiger partial charge on any atom is -0.378 e. The van der Waals surface area contributed by atoms with E-state index < -0.39 is 0 Å². The molecule has 0 atom stereocenters. The average molecular weight is 540 g/mol. The van der Waals surface area contributed by atoms with Crippen LogP contribution in [0.2, 0.25) is 0 Å². The Morgan fingerprint density at radius 3 is 2.52 bits per heavy atom. The van der Waals surface area contributed by atoms with Crippen LogP contribution in [0.15, 0.2) is 54.9 Å². The number of aromatic nitrogens is 4. The third-order valence-corrected chi connectivity index (χ3v) is 7.80. The van der Waals surface area contributed by atoms with Gasteiger partial charge in [0.15, 0.2) is 5.78 Å². The predicted molar refractivity (Wildman–Crippen MR) is 158 cm³/mol. The van der Waals surface area contributed by atoms with E-state index in [1.165, 1.54) is 25.9 Å². The van der Waals surface area contributed by atoms with E-state index in [2.05, 4.69) is 37.9 Å². The number of carbonyl (C=O) groups is 1. The van der Waals surface area contributed by atoms with Crippen molar-refractivity contribution >= 4 is 34.3 Å². The first kappa shape index (κ1) is 26.4. The highest BCUT2D eigenvalue weighted by Gasteiger charge is 2.18. The number of nitrogens with one attached hydrogen (secondary N) is 1. The van der Waals surface area contributed by atoms with E-state index >= 15 is 0 Å². The highest BCUT2D eigenvalue weighted by Crippen LogP contribution is 2.28. The molecule has 2 fully saturated rings. The van der Waals surface area contributed by atoms with Gasteiger partial charge in [-0.25, -0.2) is 9.97 Å². The third kappa shape index (κ3) is 6.00. The molecule has 0 spiro atoms. The first-order valence-electron chi connectivity index (χ1n) is 14.5. The van der Waals surface area contributed by atoms with Crippen LogP contribution in [0.5, 0.6) is 0 Å². The topological polar surface area (TPSA) is 88.4 Å². The molecule has 2 saturated heterocycles. The Balaban J connectivity index is 1.25. The lowest BCUT2D eigenvalue weighted by molar-refractivity contribution is 0.0988. The van der Waals surface area contributed by atoms with Gasteiger partial charge in [0.25, 0.3) is 0 Å². The molecule has 2 aromatic heterocycles. The second-order valence-electron chi connectivity index (χ2n) is 10.6. The maximum absolute atomic E-state index is 12.0. The van der Waals surface area contributed by atoms with Gasteiger partial charge in [-0.1, -0.05) is 13.0 Å². The fourth-order valence-electron chi connectivity index (χ4n) is 5.51. The van der Waals surface area contributed by atoms with Crippen molar-refractivity contribution in [2.24, 2.45) is 0 Å². The zero-order chi connectivity index (χ0) is 27.3. The molecule has 2 aliphatic rings. The summed E-state index contributed by atoms with van der Waals surface area (Å²) in [7, 11) is 0. The van der Waals surface area contributed by atoms with Gasteiger partial charge >= 0.3 is 0 Å². The second kappa shape index (κ2) is 12.1. The van der Waals surface area contributed by atoms with Gasteiger partial charge in [0.2, 0.25) is 5.95 Å². The number of morpholine rings is 1. The van der Waals surface area contributed by atoms with Crippen molar-refractivity contribution in [2.45, 2.75) is 39.2 Å². The molecular formula is C31H37N7O2. The number of nitrogens with zero attached hydrogens (tertiary/aromatic N) is 6. The molecular weight excluding hydrogens is 502 g/mol. The van der Waals surface area contributed by atoms with E-state index in [1.54, 1.807) is 0 Å². The largest absolute Gasteiger partial charge is 0.378 e. The summed E-state index contributed by atoms with van der Waals surface area (Å²) < 4.78 is 7.81. The Kier molecular flexibility index (Phi) is 8.02. The minimum absolute atomic E-state index is 0.134. The molecule has 0 saturated carbocycles. The van der Waals surface area contributed by atoms with Crippen LogP contribution in [0, 0.1) is 0 Å². The normalized spacial score (nSPS) is 16.1. The average Bonchev–Trinajstić information content (AvgIpc) is 3.67. The maximum atomic E-state index is 12.0. The number of ether oxygens (including phenoxy) is 1. The van der Waals surface area contributed by atoms with Crippen molar-refractivity contribution in [1.29, 1.82) is 0 Å². The van der Waals surface area contributed by atoms with Crippen LogP contribution >= 0.6 is 0 Å². The van der Waals surface area contributed by atoms with Gasteiger partial charge in [-0.2, -0.15) is 4.98 Å². The van der Waals surface area contributed by atoms with Gasteiger partial charge in [-0.15, -0.1) is 0 Å². The molecule has 2 aliphatic heterocycles. The van der Waals surface area contributed by atoms with E-state index in [4.69, 9.17) is 19.7 Å². The van der Waals surface area contributed by atoms with Gasteiger partial charge < -0.3 is 24.4 Å². The quantitative estimate of drug-likeness (QED) is 0.277. The minimum atomic E-state index is 0.134. The molecule has 9 heteroatoms. The molecule has 40 heavy (non-hydrogen) atoms. The van der Waals surface area contributed by atoms with Gasteiger partial charge in [-0.05, 0) is 75.3 Å². The summed E-state index contributed by atoms with van der Waals surface area (Å²) in [4.78, 5) is 31.3. The standard InChI is InChI=1S/C31H37N7O2/c1-2-29(39)23-6-9-25(10-7-23)33-30-21-26(34-31(35-30)37-16-18-40-19-17-37)24-8-11-28-27(20-24)32-22-38(28)15-5-14-36-12-3-4-13-36/h6-11,20-22H,2-5,12-19H2,1H3,(H,33,34,35). The molecule has 0 radical (unpaired) electrons. The number of anilines is 3. The lowest BCUT2D eigenvalue weighted by Crippen LogP contribution is -2.37. The first-order valence-corrected chi connectivity index (χ1v) is 14.5. The number of likely N-dealkylation sites (tertiary alicyclic amines) is 1. The van der Waals surface area contributed by atoms with Gasteiger partial charge in [0, 0.05) is 48.9 Å². The summed E-state index contributed by atoms with van der Waals surface area (Å²) in [6.45, 7) is 9.28. The van der Waals surface area contributed by atoms with Crippen LogP contribution in [0.4, 0.5) is 17.5 Å². The summed E-state index contributed by atoms with van der Waals surface area (Å²) in [6, 6.07) is 15.9. The first-order chi connectivity index (χ1) is 19.7. The fraction of sp³-hybridized carbons (Fsp3) is 0.419. The SMILES string of the molecule is CCC(=O)c1ccc(Nc2cc(-c3ccc4c(c3)ncn4CCCN3CCCC3)nc(N3CCOCC3)n2)cc1. The van der Waals surface area contributed by atoms with Crippen LogP contribution in [0.25, 0.3) is 22.3 Å². The Bertz CT molecular complexity index is 1450. The van der Waals surface area contributed by atoms with Crippen molar-refractivity contribution in [2.75, 3.05) is 56.2 Å². The molecule has 1 N–H and O–H groups in total. The molecule has 0 amide bonds. The fourth-order valence-corrected chi connectivity index (χ4v) is 5.51. The Morgan fingerprint density at radius 1 is 0.950 bits per heavy atom. The lowest BCUT2D eigenvalue weighted by Gasteiger charge is -2.27. The van der Waals surface area contributed by atoms with E-state index in [0.717, 1.165) is 60.6 Å². The summed E-state index contributed by atoms with van der Waals surface area (Å²) in [5, 5.41) is 3.42. The molecule has 208 valence electrons. The number of carbonyl (C=O) groups excluding carboxylic acids is 1. The van der Waals surface area contributed by atoms with Crippen molar-refractivity contribution in [3.8, 4) is 11.3 Å². The van der Waals surface area contributed by atoms with Gasteiger partial charge in [-0.3, -0.25) is 4.79 Å². The number of hydrogen-bond acceptors (Lipinski definition) is 8. The molecule has 0 aliphatic carbocycles. The van der Waals surface area contributed by atoms with Crippen LogP contribution < -0.4 is 10.2 Å². The molecule has 4 heterocycles. The Labute approximate surface area is 235 Å². The lowest BCUT2D eigenvalue weighted by atomic mass is 10.1. The zero-order valence-corrected chi connectivity index (χ0v) is 23.2. The number of benzene rings is 2. The zero-order valence-electron chi connectivity index (χ0n) is 23.2. The maximum Gasteiger partial charge on any atom is 0.228 e. The highest BCUT2D eigenvalue weighted by molar-refractivity contribution is 5.96. The predicted octanol–water partition coefficient (Wildman–Crippen LogP) is 5.15. The van der Waals surface area contributed by atoms with Gasteiger partial charge in [0.1, 0.15) is 5.82 Å². The summed E-state index contributed by atoms with van der Waals surface area (Å²) in [5.74, 6) is 1.51. The van der Waals surface area contributed by atoms with Gasteiger partial charge in [0.05, 0.1) is 36.3 Å². The van der Waals surface area contributed by atoms with Crippen LogP contribution in [-0.4, -0.2) is 76.1 Å². The molecule has 4 aromatic rings. The number of rotatable bonds is 10. The number of aryl methyl sites for hydroxylation is 1. The Morgan fingerprint density at radius 2 is 1.75 bits per heavy atom. The number of fused-ring (bicyclic) bond motifs is 1. The van der Waals surface area contributed by atoms with E-state index in [0.29, 0.717) is 37.0 Å². The highest BCUT2D eigenvalue weighted by atomic mass is 16.5. The second-order valence-corrected chi connectivity index (χ2v) is 10.6. The number of imidazole rings is 1. The molecule has 2 aromatic carbocycles. The van der Waals surface area contributed by atoms with Crippen LogP contribution in [0.3, 0.4) is 0 Å². The molecule has 9 nitrogen and oxygen atoms in total. The third-order valence-electron chi connectivity index (χ3n) is 7.80. The number of Topliss-reactive ketones (excluding diaryl/α,β-unsaturated/α-hetero) is 1. The summed E-state index contributed by atoms with van der Waals surface area (Å²) >= 11 is 0. The van der Waals surface area contributed by atoms with E-state index in [9.17, 15) is 4.79 Å². The van der Waals surface area contributed by atoms with E-state index in [-0.39, 0.29) is 5.78 Å². The van der Waals surface area contributed by atoms with Crippen molar-refractivity contribution in [3.63, 3.8) is 0 Å². The summed E-state index contributed by atoms with van der Waals surface area (Å²) in [5.41, 5.74) is 5.53. The van der Waals surface area contributed by atoms with Crippen LogP contribution in [0.1, 0.15) is 43.0 Å². The molecule has 0 bridgehead atoms. The number of ketones is 1. The smallest absolute Gasteiger partial charge is 0.228 e. The summed E-state index contributed by atoms with van der Waals surface area (Å²) in [6.07, 6.45) is 6.24. The van der Waals surface area contributed by atoms with Crippen molar-refractivity contribution in [3.05, 3.63) is 60.4 Å². The Hall–Kier alpha value is -3.82. The van der Waals surface area contributed by atoms with E-state index in [1.807, 2.05) is 43.6 Å². The monoisotopic (exact) mass is 539 g/mol. The van der Waals surface area contributed by atoms with Crippen molar-refractivity contribution < 1.29 is 9.53 Å². The molecule has 6 rings (SSSR count). The molecule has 0 unspecified atom stereocenters.